The van der Waals surface area contributed by atoms with Crippen LogP contribution in [0.2, 0.25) is 0 Å². The summed E-state index contributed by atoms with van der Waals surface area (Å²) in [5, 5.41) is 7.84. The lowest BCUT2D eigenvalue weighted by atomic mass is 9.87. The number of anilines is 1. The van der Waals surface area contributed by atoms with Crippen LogP contribution in [-0.2, 0) is 22.0 Å². The minimum atomic E-state index is -0.949. The first-order valence-electron chi connectivity index (χ1n) is 9.48. The van der Waals surface area contributed by atoms with E-state index >= 15 is 0 Å². The molecule has 1 amide bonds. The molecule has 29 heavy (non-hydrogen) atoms. The molecule has 0 aliphatic heterocycles. The second kappa shape index (κ2) is 7.66. The molecule has 7 heteroatoms. The maximum Gasteiger partial charge on any atom is 0.340 e. The molecule has 1 aromatic carbocycles. The van der Waals surface area contributed by atoms with Crippen molar-refractivity contribution in [2.75, 3.05) is 5.32 Å². The van der Waals surface area contributed by atoms with Crippen molar-refractivity contribution in [2.45, 2.75) is 46.1 Å². The zero-order valence-electron chi connectivity index (χ0n) is 17.6. The molecule has 1 atom stereocenters. The zero-order chi connectivity index (χ0) is 21.3. The number of aromatic nitrogens is 3. The number of pyridine rings is 1. The Morgan fingerprint density at radius 2 is 1.83 bits per heavy atom. The Hall–Kier alpha value is -3.22. The molecule has 1 unspecified atom stereocenters. The molecule has 3 rings (SSSR count). The summed E-state index contributed by atoms with van der Waals surface area (Å²) in [6.45, 7) is 9.77. The summed E-state index contributed by atoms with van der Waals surface area (Å²) < 4.78 is 6.98. The lowest BCUT2D eigenvalue weighted by Crippen LogP contribution is -2.30. The Kier molecular flexibility index (Phi) is 5.42. The van der Waals surface area contributed by atoms with Crippen LogP contribution in [-0.4, -0.2) is 32.7 Å². The van der Waals surface area contributed by atoms with E-state index in [1.807, 2.05) is 31.2 Å². The third-order valence-corrected chi connectivity index (χ3v) is 4.77. The summed E-state index contributed by atoms with van der Waals surface area (Å²) in [6, 6.07) is 9.32. The Morgan fingerprint density at radius 3 is 2.45 bits per heavy atom. The normalized spacial score (nSPS) is 12.6. The fraction of sp³-hybridized carbons (Fsp3) is 0.364. The van der Waals surface area contributed by atoms with Crippen molar-refractivity contribution in [1.82, 2.24) is 14.8 Å². The summed E-state index contributed by atoms with van der Waals surface area (Å²) in [5.41, 5.74) is 3.59. The summed E-state index contributed by atoms with van der Waals surface area (Å²) in [4.78, 5) is 29.1. The highest BCUT2D eigenvalue weighted by Gasteiger charge is 2.21. The predicted molar refractivity (Wildman–Crippen MR) is 112 cm³/mol. The number of fused-ring (bicyclic) bond motifs is 1. The highest BCUT2D eigenvalue weighted by molar-refractivity contribution is 5.98. The van der Waals surface area contributed by atoms with Gasteiger partial charge in [0.1, 0.15) is 0 Å². The van der Waals surface area contributed by atoms with Crippen molar-refractivity contribution in [3.05, 3.63) is 53.3 Å². The van der Waals surface area contributed by atoms with Crippen LogP contribution >= 0.6 is 0 Å². The van der Waals surface area contributed by atoms with E-state index in [4.69, 9.17) is 4.74 Å². The topological polar surface area (TPSA) is 86.1 Å². The smallest absolute Gasteiger partial charge is 0.340 e. The van der Waals surface area contributed by atoms with Crippen LogP contribution in [0.3, 0.4) is 0 Å². The minimum absolute atomic E-state index is 0.0348. The number of aryl methyl sites for hydroxylation is 2. The third-order valence-electron chi connectivity index (χ3n) is 4.77. The molecule has 1 N–H and O–H groups in total. The summed E-state index contributed by atoms with van der Waals surface area (Å²) >= 11 is 0. The van der Waals surface area contributed by atoms with Gasteiger partial charge in [-0.05, 0) is 43.0 Å². The maximum atomic E-state index is 12.5. The van der Waals surface area contributed by atoms with E-state index in [2.05, 4.69) is 36.2 Å². The van der Waals surface area contributed by atoms with Gasteiger partial charge < -0.3 is 10.1 Å². The average molecular weight is 394 g/mol. The number of hydrogen-bond donors (Lipinski definition) is 1. The summed E-state index contributed by atoms with van der Waals surface area (Å²) in [6.07, 6.45) is 0.484. The molecule has 152 valence electrons. The van der Waals surface area contributed by atoms with Crippen molar-refractivity contribution >= 4 is 28.6 Å². The maximum absolute atomic E-state index is 12.5. The number of carbonyl (C=O) groups excluding carboxylic acids is 2. The van der Waals surface area contributed by atoms with Crippen LogP contribution in [0.15, 0.2) is 36.5 Å². The quantitative estimate of drug-likeness (QED) is 0.681. The summed E-state index contributed by atoms with van der Waals surface area (Å²) in [5.74, 6) is -0.998. The van der Waals surface area contributed by atoms with Gasteiger partial charge >= 0.3 is 5.97 Å². The fourth-order valence-corrected chi connectivity index (χ4v) is 3.00. The van der Waals surface area contributed by atoms with Gasteiger partial charge in [0.05, 0.1) is 11.3 Å². The van der Waals surface area contributed by atoms with E-state index in [0.29, 0.717) is 11.3 Å². The van der Waals surface area contributed by atoms with E-state index < -0.39 is 18.0 Å². The fourth-order valence-electron chi connectivity index (χ4n) is 3.00. The second-order valence-electron chi connectivity index (χ2n) is 8.17. The molecule has 0 spiro atoms. The lowest BCUT2D eigenvalue weighted by Gasteiger charge is -2.19. The number of amides is 1. The molecule has 0 bridgehead atoms. The highest BCUT2D eigenvalue weighted by atomic mass is 16.5. The van der Waals surface area contributed by atoms with E-state index in [-0.39, 0.29) is 11.0 Å². The van der Waals surface area contributed by atoms with Crippen LogP contribution in [0.5, 0.6) is 0 Å². The number of hydrogen-bond acceptors (Lipinski definition) is 5. The first-order valence-corrected chi connectivity index (χ1v) is 9.48. The predicted octanol–water partition coefficient (Wildman–Crippen LogP) is 3.76. The Bertz CT molecular complexity index is 1060. The molecule has 0 fully saturated rings. The Labute approximate surface area is 170 Å². The van der Waals surface area contributed by atoms with Crippen LogP contribution in [0, 0.1) is 6.92 Å². The molecule has 0 aliphatic carbocycles. The van der Waals surface area contributed by atoms with E-state index in [0.717, 1.165) is 11.1 Å². The second-order valence-corrected chi connectivity index (χ2v) is 8.17. The molecular formula is C22H26N4O3. The highest BCUT2D eigenvalue weighted by Crippen LogP contribution is 2.23. The monoisotopic (exact) mass is 394 g/mol. The van der Waals surface area contributed by atoms with Gasteiger partial charge in [0.2, 0.25) is 0 Å². The van der Waals surface area contributed by atoms with Gasteiger partial charge in [-0.1, -0.05) is 32.9 Å². The lowest BCUT2D eigenvalue weighted by molar-refractivity contribution is -0.123. The van der Waals surface area contributed by atoms with Gasteiger partial charge in [-0.3, -0.25) is 9.48 Å². The SMILES string of the molecule is Cc1nn(C)c2ncc(C(=O)OC(C)C(=O)Nc3ccc(C(C)(C)C)cc3)cc12. The molecule has 0 aliphatic rings. The van der Waals surface area contributed by atoms with Gasteiger partial charge in [0, 0.05) is 24.3 Å². The third kappa shape index (κ3) is 4.45. The van der Waals surface area contributed by atoms with Crippen molar-refractivity contribution in [3.8, 4) is 0 Å². The molecule has 2 heterocycles. The van der Waals surface area contributed by atoms with Gasteiger partial charge in [-0.25, -0.2) is 9.78 Å². The summed E-state index contributed by atoms with van der Waals surface area (Å²) in [7, 11) is 1.79. The van der Waals surface area contributed by atoms with Crippen LogP contribution < -0.4 is 5.32 Å². The van der Waals surface area contributed by atoms with Gasteiger partial charge in [-0.2, -0.15) is 5.10 Å². The molecular weight excluding hydrogens is 368 g/mol. The number of nitrogens with zero attached hydrogens (tertiary/aromatic N) is 3. The van der Waals surface area contributed by atoms with E-state index in [9.17, 15) is 9.59 Å². The van der Waals surface area contributed by atoms with Crippen molar-refractivity contribution < 1.29 is 14.3 Å². The number of ether oxygens (including phenoxy) is 1. The number of esters is 1. The molecule has 3 aromatic rings. The first-order chi connectivity index (χ1) is 13.6. The van der Waals surface area contributed by atoms with Crippen molar-refractivity contribution in [2.24, 2.45) is 7.05 Å². The van der Waals surface area contributed by atoms with Crippen molar-refractivity contribution in [3.63, 3.8) is 0 Å². The molecule has 2 aromatic heterocycles. The largest absolute Gasteiger partial charge is 0.449 e. The van der Waals surface area contributed by atoms with Crippen LogP contribution in [0.1, 0.15) is 49.3 Å². The molecule has 0 saturated heterocycles. The first kappa shape index (κ1) is 20.5. The van der Waals surface area contributed by atoms with Gasteiger partial charge in [-0.15, -0.1) is 0 Å². The van der Waals surface area contributed by atoms with Crippen molar-refractivity contribution in [1.29, 1.82) is 0 Å². The molecule has 0 saturated carbocycles. The van der Waals surface area contributed by atoms with E-state index in [1.54, 1.807) is 17.8 Å². The number of rotatable bonds is 4. The minimum Gasteiger partial charge on any atom is -0.449 e. The number of carbonyl (C=O) groups is 2. The van der Waals surface area contributed by atoms with E-state index in [1.165, 1.54) is 18.7 Å². The van der Waals surface area contributed by atoms with Crippen LogP contribution in [0.25, 0.3) is 11.0 Å². The number of benzene rings is 1. The Balaban J connectivity index is 1.66. The molecule has 0 radical (unpaired) electrons. The van der Waals surface area contributed by atoms with Gasteiger partial charge in [0.25, 0.3) is 5.91 Å². The number of nitrogens with one attached hydrogen (secondary N) is 1. The standard InChI is InChI=1S/C22H26N4O3/c1-13-18-11-15(12-23-19(18)26(6)25-13)21(28)29-14(2)20(27)24-17-9-7-16(8-10-17)22(3,4)5/h7-12,14H,1-6H3,(H,24,27). The zero-order valence-corrected chi connectivity index (χ0v) is 17.6. The average Bonchev–Trinajstić information content (AvgIpc) is 2.94. The van der Waals surface area contributed by atoms with Crippen LogP contribution in [0.4, 0.5) is 5.69 Å². The Morgan fingerprint density at radius 1 is 1.17 bits per heavy atom. The van der Waals surface area contributed by atoms with Gasteiger partial charge in [0.15, 0.2) is 11.8 Å². The molecule has 7 nitrogen and oxygen atoms in total.